The van der Waals surface area contributed by atoms with E-state index < -0.39 is 0 Å². The van der Waals surface area contributed by atoms with Crippen LogP contribution in [0.25, 0.3) is 10.8 Å². The molecule has 0 spiro atoms. The van der Waals surface area contributed by atoms with Crippen molar-refractivity contribution in [3.05, 3.63) is 82.2 Å². The zero-order valence-corrected chi connectivity index (χ0v) is 22.2. The Morgan fingerprint density at radius 2 is 1.71 bits per heavy atom. The van der Waals surface area contributed by atoms with Gasteiger partial charge in [-0.15, -0.1) is 0 Å². The van der Waals surface area contributed by atoms with Gasteiger partial charge in [-0.1, -0.05) is 30.3 Å². The van der Waals surface area contributed by atoms with Crippen LogP contribution in [0.5, 0.6) is 11.6 Å². The summed E-state index contributed by atoms with van der Waals surface area (Å²) < 4.78 is 6.43. The minimum atomic E-state index is 0.370. The number of ether oxygens (including phenoxy) is 1. The molecule has 192 valence electrons. The Labute approximate surface area is 223 Å². The number of rotatable bonds is 4. The van der Waals surface area contributed by atoms with E-state index in [2.05, 4.69) is 69.5 Å². The molecule has 2 aliphatic rings. The first-order valence-corrected chi connectivity index (χ1v) is 13.3. The van der Waals surface area contributed by atoms with E-state index in [1.165, 1.54) is 27.6 Å². The molecule has 7 heteroatoms. The van der Waals surface area contributed by atoms with Gasteiger partial charge in [0.1, 0.15) is 17.5 Å². The number of anilines is 2. The lowest BCUT2D eigenvalue weighted by Crippen LogP contribution is -2.45. The van der Waals surface area contributed by atoms with Gasteiger partial charge in [-0.05, 0) is 55.8 Å². The van der Waals surface area contributed by atoms with Crippen molar-refractivity contribution in [1.29, 1.82) is 5.26 Å². The molecule has 4 aromatic rings. The topological polar surface area (TPSA) is 77.3 Å². The quantitative estimate of drug-likeness (QED) is 0.410. The summed E-state index contributed by atoms with van der Waals surface area (Å²) in [6.07, 6.45) is 2.60. The number of nitrogens with zero attached hydrogens (tertiary/aromatic N) is 5. The van der Waals surface area contributed by atoms with Crippen LogP contribution >= 0.6 is 0 Å². The molecule has 0 unspecified atom stereocenters. The second kappa shape index (κ2) is 9.96. The predicted molar refractivity (Wildman–Crippen MR) is 151 cm³/mol. The van der Waals surface area contributed by atoms with E-state index in [0.29, 0.717) is 23.7 Å². The van der Waals surface area contributed by atoms with E-state index in [1.807, 2.05) is 19.9 Å². The highest BCUT2D eigenvalue weighted by Gasteiger charge is 2.30. The molecular formula is C31H32N6O. The first kappa shape index (κ1) is 24.2. The molecule has 1 fully saturated rings. The monoisotopic (exact) mass is 504 g/mol. The van der Waals surface area contributed by atoms with E-state index in [9.17, 15) is 5.26 Å². The highest BCUT2D eigenvalue weighted by atomic mass is 16.5. The van der Waals surface area contributed by atoms with Gasteiger partial charge in [-0.2, -0.15) is 10.2 Å². The average Bonchev–Trinajstić information content (AvgIpc) is 2.94. The maximum Gasteiger partial charge on any atom is 0.239 e. The molecule has 0 amide bonds. The number of piperazine rings is 1. The summed E-state index contributed by atoms with van der Waals surface area (Å²) in [7, 11) is 0. The molecule has 0 aliphatic carbocycles. The third kappa shape index (κ3) is 4.21. The predicted octanol–water partition coefficient (Wildman–Crippen LogP) is 5.19. The molecule has 7 nitrogen and oxygen atoms in total. The molecule has 2 aliphatic heterocycles. The summed E-state index contributed by atoms with van der Waals surface area (Å²) in [5.74, 6) is 1.98. The van der Waals surface area contributed by atoms with Crippen LogP contribution < -0.4 is 19.9 Å². The van der Waals surface area contributed by atoms with Crippen LogP contribution in [0, 0.1) is 32.1 Å². The van der Waals surface area contributed by atoms with E-state index in [-0.39, 0.29) is 0 Å². The van der Waals surface area contributed by atoms with Crippen LogP contribution in [-0.2, 0) is 13.0 Å². The number of fused-ring (bicyclic) bond motifs is 2. The van der Waals surface area contributed by atoms with Crippen molar-refractivity contribution < 1.29 is 4.74 Å². The summed E-state index contributed by atoms with van der Waals surface area (Å²) in [5, 5.41) is 16.4. The first-order chi connectivity index (χ1) is 18.5. The lowest BCUT2D eigenvalue weighted by Gasteiger charge is -2.36. The molecule has 1 saturated heterocycles. The minimum absolute atomic E-state index is 0.370. The Bertz CT molecular complexity index is 1540. The maximum atomic E-state index is 10.4. The summed E-state index contributed by atoms with van der Waals surface area (Å²) in [6, 6.07) is 17.3. The third-order valence-electron chi connectivity index (χ3n) is 7.78. The molecule has 0 bridgehead atoms. The molecular weight excluding hydrogens is 472 g/mol. The minimum Gasteiger partial charge on any atom is -0.435 e. The van der Waals surface area contributed by atoms with Gasteiger partial charge in [0.25, 0.3) is 0 Å². The van der Waals surface area contributed by atoms with Crippen molar-refractivity contribution in [1.82, 2.24) is 15.3 Å². The smallest absolute Gasteiger partial charge is 0.239 e. The molecule has 1 N–H and O–H groups in total. The van der Waals surface area contributed by atoms with Gasteiger partial charge in [0.2, 0.25) is 5.88 Å². The van der Waals surface area contributed by atoms with Crippen LogP contribution in [0.2, 0.25) is 0 Å². The number of aromatic nitrogens is 2. The van der Waals surface area contributed by atoms with Crippen molar-refractivity contribution in [3.63, 3.8) is 0 Å². The number of hydrogen-bond donors (Lipinski definition) is 1. The number of hydrogen-bond acceptors (Lipinski definition) is 7. The zero-order valence-electron chi connectivity index (χ0n) is 22.2. The van der Waals surface area contributed by atoms with Gasteiger partial charge >= 0.3 is 0 Å². The van der Waals surface area contributed by atoms with Gasteiger partial charge in [-0.25, -0.2) is 0 Å². The zero-order chi connectivity index (χ0) is 26.2. The van der Waals surface area contributed by atoms with E-state index in [1.54, 1.807) is 6.20 Å². The lowest BCUT2D eigenvalue weighted by atomic mass is 9.94. The van der Waals surface area contributed by atoms with Crippen LogP contribution in [0.15, 0.2) is 48.7 Å². The summed E-state index contributed by atoms with van der Waals surface area (Å²) >= 11 is 0. The molecule has 6 rings (SSSR count). The normalized spacial score (nSPS) is 15.3. The SMILES string of the molecule is Cc1ccnc(C)c1Oc1nc(N2CCNCC2)c2c(c1C#N)CN(c1cccc3cccc(C)c13)CC2. The van der Waals surface area contributed by atoms with Crippen molar-refractivity contribution in [2.24, 2.45) is 0 Å². The van der Waals surface area contributed by atoms with Gasteiger partial charge in [0.15, 0.2) is 5.75 Å². The fraction of sp³-hybridized carbons (Fsp3) is 0.323. The van der Waals surface area contributed by atoms with Gasteiger partial charge in [0, 0.05) is 67.7 Å². The fourth-order valence-corrected chi connectivity index (χ4v) is 5.82. The Hall–Kier alpha value is -4.15. The Kier molecular flexibility index (Phi) is 6.34. The van der Waals surface area contributed by atoms with Crippen molar-refractivity contribution in [2.75, 3.05) is 42.5 Å². The highest BCUT2D eigenvalue weighted by Crippen LogP contribution is 2.40. The molecule has 2 aromatic carbocycles. The standard InChI is InChI=1S/C31H32N6O/c1-20-6-4-7-23-8-5-9-27(28(20)23)37-15-11-24-26(19-37)25(18-32)31(35-30(24)36-16-13-33-14-17-36)38-29-21(2)10-12-34-22(29)3/h4-10,12,33H,11,13-17,19H2,1-3H3. The fourth-order valence-electron chi connectivity index (χ4n) is 5.82. The Morgan fingerprint density at radius 1 is 0.921 bits per heavy atom. The van der Waals surface area contributed by atoms with Gasteiger partial charge in [0.05, 0.1) is 5.69 Å². The largest absolute Gasteiger partial charge is 0.435 e. The number of benzene rings is 2. The van der Waals surface area contributed by atoms with E-state index in [0.717, 1.165) is 61.8 Å². The van der Waals surface area contributed by atoms with Crippen molar-refractivity contribution in [3.8, 4) is 17.7 Å². The molecule has 0 atom stereocenters. The average molecular weight is 505 g/mol. The van der Waals surface area contributed by atoms with Crippen LogP contribution in [0.4, 0.5) is 11.5 Å². The molecule has 0 saturated carbocycles. The molecule has 0 radical (unpaired) electrons. The second-order valence-corrected chi connectivity index (χ2v) is 10.2. The van der Waals surface area contributed by atoms with Crippen LogP contribution in [-0.4, -0.2) is 42.7 Å². The number of nitriles is 1. The number of aryl methyl sites for hydroxylation is 3. The third-order valence-corrected chi connectivity index (χ3v) is 7.78. The van der Waals surface area contributed by atoms with E-state index in [4.69, 9.17) is 9.72 Å². The van der Waals surface area contributed by atoms with Crippen molar-refractivity contribution in [2.45, 2.75) is 33.7 Å². The lowest BCUT2D eigenvalue weighted by molar-refractivity contribution is 0.448. The van der Waals surface area contributed by atoms with Crippen LogP contribution in [0.1, 0.15) is 33.5 Å². The number of nitrogens with one attached hydrogen (secondary N) is 1. The Balaban J connectivity index is 1.49. The first-order valence-electron chi connectivity index (χ1n) is 13.3. The summed E-state index contributed by atoms with van der Waals surface area (Å²) in [4.78, 5) is 14.2. The van der Waals surface area contributed by atoms with Crippen LogP contribution in [0.3, 0.4) is 0 Å². The molecule has 2 aromatic heterocycles. The Morgan fingerprint density at radius 3 is 2.47 bits per heavy atom. The maximum absolute atomic E-state index is 10.4. The second-order valence-electron chi connectivity index (χ2n) is 10.2. The molecule has 38 heavy (non-hydrogen) atoms. The number of pyridine rings is 2. The van der Waals surface area contributed by atoms with Crippen molar-refractivity contribution >= 4 is 22.3 Å². The van der Waals surface area contributed by atoms with E-state index >= 15 is 0 Å². The van der Waals surface area contributed by atoms with Gasteiger partial charge < -0.3 is 19.9 Å². The highest BCUT2D eigenvalue weighted by molar-refractivity contribution is 5.97. The summed E-state index contributed by atoms with van der Waals surface area (Å²) in [5.41, 5.74) is 6.92. The molecule has 4 heterocycles. The van der Waals surface area contributed by atoms with Gasteiger partial charge in [-0.3, -0.25) is 4.98 Å². The summed E-state index contributed by atoms with van der Waals surface area (Å²) in [6.45, 7) is 11.2.